The smallest absolute Gasteiger partial charge is 0.334 e. The zero-order valence-corrected chi connectivity index (χ0v) is 8.77. The molecule has 1 fully saturated rings. The fraction of sp³-hybridized carbons (Fsp3) is 0.308. The molecule has 78 valence electrons. The van der Waals surface area contributed by atoms with Crippen molar-refractivity contribution in [3.63, 3.8) is 0 Å². The molecule has 0 radical (unpaired) electrons. The maximum Gasteiger partial charge on any atom is 0.334 e. The number of cyclic esters (lactones) is 1. The van der Waals surface area contributed by atoms with Crippen LogP contribution in [0.25, 0.3) is 6.08 Å². The monoisotopic (exact) mass is 202 g/mol. The average Bonchev–Trinajstić information content (AvgIpc) is 2.61. The highest BCUT2D eigenvalue weighted by Gasteiger charge is 2.26. The zero-order chi connectivity index (χ0) is 10.7. The van der Waals surface area contributed by atoms with Gasteiger partial charge in [-0.05, 0) is 18.1 Å². The number of hydrogen-bond donors (Lipinski definition) is 0. The van der Waals surface area contributed by atoms with Crippen molar-refractivity contribution in [2.75, 3.05) is 0 Å². The molecule has 1 aliphatic heterocycles. The fourth-order valence-electron chi connectivity index (χ4n) is 1.69. The molecule has 0 bridgehead atoms. The molecular formula is C13H14O2. The van der Waals surface area contributed by atoms with Crippen molar-refractivity contribution in [3.05, 3.63) is 41.5 Å². The predicted octanol–water partition coefficient (Wildman–Crippen LogP) is 2.80. The second-order valence-electron chi connectivity index (χ2n) is 3.72. The van der Waals surface area contributed by atoms with Crippen molar-refractivity contribution < 1.29 is 9.53 Å². The van der Waals surface area contributed by atoms with Crippen LogP contribution in [-0.2, 0) is 9.53 Å². The maximum atomic E-state index is 11.5. The second-order valence-corrected chi connectivity index (χ2v) is 3.72. The van der Waals surface area contributed by atoms with E-state index in [-0.39, 0.29) is 12.1 Å². The van der Waals surface area contributed by atoms with Gasteiger partial charge >= 0.3 is 5.97 Å². The number of ether oxygens (including phenoxy) is 1. The number of esters is 1. The minimum Gasteiger partial charge on any atom is -0.459 e. The minimum absolute atomic E-state index is 0.0764. The molecule has 15 heavy (non-hydrogen) atoms. The highest BCUT2D eigenvalue weighted by molar-refractivity contribution is 5.95. The van der Waals surface area contributed by atoms with Crippen molar-refractivity contribution in [3.8, 4) is 0 Å². The Kier molecular flexibility index (Phi) is 2.86. The fourth-order valence-corrected chi connectivity index (χ4v) is 1.69. The van der Waals surface area contributed by atoms with Gasteiger partial charge in [-0.25, -0.2) is 4.79 Å². The van der Waals surface area contributed by atoms with E-state index < -0.39 is 0 Å². The Morgan fingerprint density at radius 3 is 2.73 bits per heavy atom. The summed E-state index contributed by atoms with van der Waals surface area (Å²) in [6, 6.07) is 9.86. The normalized spacial score (nSPS) is 23.1. The first-order chi connectivity index (χ1) is 7.29. The first-order valence-electron chi connectivity index (χ1n) is 5.26. The Morgan fingerprint density at radius 1 is 1.40 bits per heavy atom. The van der Waals surface area contributed by atoms with Crippen LogP contribution < -0.4 is 0 Å². The SMILES string of the molecule is CCC1C/C(=C\c2ccccc2)C(=O)O1. The van der Waals surface area contributed by atoms with Crippen LogP contribution in [0, 0.1) is 0 Å². The van der Waals surface area contributed by atoms with E-state index in [4.69, 9.17) is 4.74 Å². The molecule has 0 amide bonds. The van der Waals surface area contributed by atoms with Crippen molar-refractivity contribution in [2.45, 2.75) is 25.9 Å². The third-order valence-corrected chi connectivity index (χ3v) is 2.58. The van der Waals surface area contributed by atoms with Gasteiger partial charge in [0.1, 0.15) is 6.10 Å². The van der Waals surface area contributed by atoms with Crippen LogP contribution in [0.2, 0.25) is 0 Å². The average molecular weight is 202 g/mol. The summed E-state index contributed by atoms with van der Waals surface area (Å²) >= 11 is 0. The molecule has 1 saturated heterocycles. The Bertz CT molecular complexity index is 379. The van der Waals surface area contributed by atoms with Crippen molar-refractivity contribution in [1.82, 2.24) is 0 Å². The molecule has 2 heteroatoms. The van der Waals surface area contributed by atoms with Gasteiger partial charge in [-0.3, -0.25) is 0 Å². The summed E-state index contributed by atoms with van der Waals surface area (Å²) < 4.78 is 5.19. The first kappa shape index (κ1) is 9.97. The summed E-state index contributed by atoms with van der Waals surface area (Å²) in [4.78, 5) is 11.5. The first-order valence-corrected chi connectivity index (χ1v) is 5.26. The van der Waals surface area contributed by atoms with E-state index in [1.165, 1.54) is 0 Å². The molecule has 0 aliphatic carbocycles. The quantitative estimate of drug-likeness (QED) is 0.544. The van der Waals surface area contributed by atoms with E-state index in [1.54, 1.807) is 0 Å². The Labute approximate surface area is 89.6 Å². The Hall–Kier alpha value is -1.57. The number of hydrogen-bond acceptors (Lipinski definition) is 2. The summed E-state index contributed by atoms with van der Waals surface area (Å²) in [6.45, 7) is 2.03. The van der Waals surface area contributed by atoms with Gasteiger partial charge in [0.2, 0.25) is 0 Å². The molecule has 1 unspecified atom stereocenters. The van der Waals surface area contributed by atoms with E-state index in [2.05, 4.69) is 0 Å². The lowest BCUT2D eigenvalue weighted by Gasteiger charge is -2.01. The zero-order valence-electron chi connectivity index (χ0n) is 8.77. The van der Waals surface area contributed by atoms with Gasteiger partial charge < -0.3 is 4.74 Å². The summed E-state index contributed by atoms with van der Waals surface area (Å²) in [5.41, 5.74) is 1.84. The predicted molar refractivity (Wildman–Crippen MR) is 59.2 cm³/mol. The summed E-state index contributed by atoms with van der Waals surface area (Å²) in [6.07, 6.45) is 3.62. The summed E-state index contributed by atoms with van der Waals surface area (Å²) in [5.74, 6) is -0.161. The van der Waals surface area contributed by atoms with Gasteiger partial charge in [-0.1, -0.05) is 37.3 Å². The molecule has 0 aromatic heterocycles. The third-order valence-electron chi connectivity index (χ3n) is 2.58. The van der Waals surface area contributed by atoms with E-state index in [9.17, 15) is 4.79 Å². The van der Waals surface area contributed by atoms with Crippen molar-refractivity contribution >= 4 is 12.0 Å². The lowest BCUT2D eigenvalue weighted by Crippen LogP contribution is -2.03. The standard InChI is InChI=1S/C13H14O2/c1-2-12-9-11(13(14)15-12)8-10-6-4-3-5-7-10/h3-8,12H,2,9H2,1H3/b11-8+. The van der Waals surface area contributed by atoms with Crippen LogP contribution in [0.4, 0.5) is 0 Å². The van der Waals surface area contributed by atoms with Crippen molar-refractivity contribution in [1.29, 1.82) is 0 Å². The summed E-state index contributed by atoms with van der Waals surface area (Å²) in [5, 5.41) is 0. The van der Waals surface area contributed by atoms with Gasteiger partial charge in [-0.15, -0.1) is 0 Å². The molecular weight excluding hydrogens is 188 g/mol. The van der Waals surface area contributed by atoms with Gasteiger partial charge in [0.15, 0.2) is 0 Å². The molecule has 2 rings (SSSR count). The maximum absolute atomic E-state index is 11.5. The van der Waals surface area contributed by atoms with Gasteiger partial charge in [-0.2, -0.15) is 0 Å². The number of benzene rings is 1. The highest BCUT2D eigenvalue weighted by Crippen LogP contribution is 2.24. The Morgan fingerprint density at radius 2 is 2.13 bits per heavy atom. The van der Waals surface area contributed by atoms with Crippen LogP contribution in [0.1, 0.15) is 25.3 Å². The topological polar surface area (TPSA) is 26.3 Å². The molecule has 1 aromatic carbocycles. The molecule has 0 spiro atoms. The van der Waals surface area contributed by atoms with E-state index in [1.807, 2.05) is 43.3 Å². The van der Waals surface area contributed by atoms with E-state index in [0.717, 1.165) is 24.0 Å². The van der Waals surface area contributed by atoms with Gasteiger partial charge in [0, 0.05) is 12.0 Å². The van der Waals surface area contributed by atoms with Gasteiger partial charge in [0.25, 0.3) is 0 Å². The lowest BCUT2D eigenvalue weighted by molar-refractivity contribution is -0.138. The minimum atomic E-state index is -0.161. The number of rotatable bonds is 2. The largest absolute Gasteiger partial charge is 0.459 e. The van der Waals surface area contributed by atoms with Crippen LogP contribution in [0.15, 0.2) is 35.9 Å². The third kappa shape index (κ3) is 2.27. The number of carbonyl (C=O) groups excluding carboxylic acids is 1. The van der Waals surface area contributed by atoms with Crippen LogP contribution in [0.5, 0.6) is 0 Å². The van der Waals surface area contributed by atoms with Crippen LogP contribution in [0.3, 0.4) is 0 Å². The lowest BCUT2D eigenvalue weighted by atomic mass is 10.1. The summed E-state index contributed by atoms with van der Waals surface area (Å²) in [7, 11) is 0. The molecule has 0 N–H and O–H groups in total. The van der Waals surface area contributed by atoms with Crippen LogP contribution in [-0.4, -0.2) is 12.1 Å². The molecule has 1 aromatic rings. The second kappa shape index (κ2) is 4.30. The molecule has 2 nitrogen and oxygen atoms in total. The molecule has 1 heterocycles. The van der Waals surface area contributed by atoms with Crippen LogP contribution >= 0.6 is 0 Å². The number of carbonyl (C=O) groups is 1. The van der Waals surface area contributed by atoms with Gasteiger partial charge in [0.05, 0.1) is 0 Å². The van der Waals surface area contributed by atoms with E-state index >= 15 is 0 Å². The molecule has 1 atom stereocenters. The van der Waals surface area contributed by atoms with Crippen molar-refractivity contribution in [2.24, 2.45) is 0 Å². The Balaban J connectivity index is 2.18. The van der Waals surface area contributed by atoms with E-state index in [0.29, 0.717) is 0 Å². The molecule has 0 saturated carbocycles. The highest BCUT2D eigenvalue weighted by atomic mass is 16.5. The molecule has 1 aliphatic rings.